The van der Waals surface area contributed by atoms with Crippen LogP contribution in [0.25, 0.3) is 0 Å². The van der Waals surface area contributed by atoms with Crippen molar-refractivity contribution in [3.63, 3.8) is 0 Å². The van der Waals surface area contributed by atoms with Gasteiger partial charge in [-0.3, -0.25) is 4.31 Å². The van der Waals surface area contributed by atoms with Crippen LogP contribution in [0.1, 0.15) is 13.9 Å². The number of hydrogen-bond acceptors (Lipinski definition) is 3. The molecule has 1 aromatic carbocycles. The molecule has 1 unspecified atom stereocenters. The maximum atomic E-state index is 13.0. The highest BCUT2D eigenvalue weighted by molar-refractivity contribution is 9.11. The summed E-state index contributed by atoms with van der Waals surface area (Å²) in [6, 6.07) is 8.62. The second kappa shape index (κ2) is 5.66. The topological polar surface area (TPSA) is 61.2 Å². The summed E-state index contributed by atoms with van der Waals surface area (Å²) < 4.78 is 36.1. The molecule has 1 atom stereocenters. The van der Waals surface area contributed by atoms with E-state index >= 15 is 0 Å². The number of benzene rings is 1. The molecule has 0 bridgehead atoms. The molecule has 4 nitrogen and oxygen atoms in total. The van der Waals surface area contributed by atoms with E-state index in [9.17, 15) is 13.7 Å². The van der Waals surface area contributed by atoms with E-state index in [4.69, 9.17) is 1.37 Å². The molecule has 118 valence electrons. The zero-order valence-corrected chi connectivity index (χ0v) is 15.1. The maximum Gasteiger partial charge on any atom is 0.264 e. The largest absolute Gasteiger partial charge is 0.264 e. The third kappa shape index (κ3) is 2.54. The number of fused-ring (bicyclic) bond motifs is 1. The van der Waals surface area contributed by atoms with Gasteiger partial charge in [0.25, 0.3) is 10.0 Å². The van der Waals surface area contributed by atoms with Crippen LogP contribution in [-0.2, 0) is 10.0 Å². The number of nitrogens with zero attached hydrogens (tertiary/aromatic N) is 2. The maximum absolute atomic E-state index is 13.0. The van der Waals surface area contributed by atoms with E-state index in [0.717, 1.165) is 5.56 Å². The van der Waals surface area contributed by atoms with Crippen LogP contribution < -0.4 is 0 Å². The standard InChI is InChI=1S/C17H15BrN2O2S/c1-11-3-5-13(6-4-11)23(21,22)20-8-7-14-15(10-19)16(18)9-12(2)17(14)20/h3-7,9,15H,8H2,1-2H3/i15D. The van der Waals surface area contributed by atoms with Crippen LogP contribution >= 0.6 is 15.9 Å². The van der Waals surface area contributed by atoms with Gasteiger partial charge in [-0.2, -0.15) is 5.26 Å². The van der Waals surface area contributed by atoms with Gasteiger partial charge >= 0.3 is 0 Å². The minimum Gasteiger partial charge on any atom is -0.262 e. The van der Waals surface area contributed by atoms with E-state index in [1.807, 2.05) is 13.0 Å². The highest BCUT2D eigenvalue weighted by Crippen LogP contribution is 2.43. The van der Waals surface area contributed by atoms with Gasteiger partial charge in [-0.05, 0) is 43.2 Å². The SMILES string of the molecule is [2H]C1(C#N)C(Br)=CC(C)=C2C1=CCN2S(=O)(=O)c1ccc(C)cc1. The quantitative estimate of drug-likeness (QED) is 0.772. The molecular formula is C17H15BrN2O2S. The molecule has 23 heavy (non-hydrogen) atoms. The van der Waals surface area contributed by atoms with Gasteiger partial charge in [-0.15, -0.1) is 0 Å². The molecular weight excluding hydrogens is 376 g/mol. The Labute approximate surface area is 146 Å². The minimum atomic E-state index is -3.75. The van der Waals surface area contributed by atoms with E-state index in [-0.39, 0.29) is 11.4 Å². The molecule has 1 aliphatic heterocycles. The van der Waals surface area contributed by atoms with Crippen molar-refractivity contribution in [2.24, 2.45) is 5.89 Å². The van der Waals surface area contributed by atoms with Gasteiger partial charge < -0.3 is 0 Å². The molecule has 1 heterocycles. The van der Waals surface area contributed by atoms with Crippen LogP contribution in [0.4, 0.5) is 0 Å². The fourth-order valence-electron chi connectivity index (χ4n) is 2.75. The molecule has 2 aliphatic rings. The van der Waals surface area contributed by atoms with Crippen molar-refractivity contribution < 1.29 is 9.79 Å². The first-order chi connectivity index (χ1) is 11.2. The van der Waals surface area contributed by atoms with Crippen molar-refractivity contribution in [1.29, 1.82) is 5.26 Å². The van der Waals surface area contributed by atoms with E-state index in [1.54, 1.807) is 43.3 Å². The Morgan fingerprint density at radius 2 is 2.00 bits per heavy atom. The average molecular weight is 392 g/mol. The van der Waals surface area contributed by atoms with E-state index in [2.05, 4.69) is 15.9 Å². The summed E-state index contributed by atoms with van der Waals surface area (Å²) >= 11 is 3.28. The van der Waals surface area contributed by atoms with E-state index < -0.39 is 15.9 Å². The average Bonchev–Trinajstić information content (AvgIpc) is 3.00. The lowest BCUT2D eigenvalue weighted by molar-refractivity contribution is 0.513. The van der Waals surface area contributed by atoms with Crippen molar-refractivity contribution in [3.05, 3.63) is 63.3 Å². The van der Waals surface area contributed by atoms with E-state index in [1.165, 1.54) is 4.31 Å². The van der Waals surface area contributed by atoms with Crippen molar-refractivity contribution >= 4 is 26.0 Å². The molecule has 0 amide bonds. The number of aryl methyl sites for hydroxylation is 1. The van der Waals surface area contributed by atoms with Gasteiger partial charge in [0.15, 0.2) is 0 Å². The molecule has 1 aliphatic carbocycles. The lowest BCUT2D eigenvalue weighted by Crippen LogP contribution is -2.30. The Bertz CT molecular complexity index is 955. The van der Waals surface area contributed by atoms with Crippen LogP contribution in [0.3, 0.4) is 0 Å². The summed E-state index contributed by atoms with van der Waals surface area (Å²) in [4.78, 5) is 0.198. The second-order valence-electron chi connectivity index (χ2n) is 5.48. The number of allylic oxidation sites excluding steroid dienone is 4. The number of sulfonamides is 1. The van der Waals surface area contributed by atoms with Gasteiger partial charge in [0.05, 0.1) is 24.6 Å². The van der Waals surface area contributed by atoms with Gasteiger partial charge in [0.1, 0.15) is 5.89 Å². The molecule has 6 heteroatoms. The van der Waals surface area contributed by atoms with Crippen molar-refractivity contribution in [2.45, 2.75) is 18.7 Å². The molecule has 0 radical (unpaired) electrons. The second-order valence-corrected chi connectivity index (χ2v) is 8.19. The predicted octanol–water partition coefficient (Wildman–Crippen LogP) is 3.63. The fraction of sp³-hybridized carbons (Fsp3) is 0.235. The fourth-order valence-corrected chi connectivity index (χ4v) is 4.89. The zero-order valence-electron chi connectivity index (χ0n) is 13.7. The van der Waals surface area contributed by atoms with E-state index in [0.29, 0.717) is 21.3 Å². The Morgan fingerprint density at radius 1 is 1.35 bits per heavy atom. The summed E-state index contributed by atoms with van der Waals surface area (Å²) in [6.07, 6.45) is 3.29. The monoisotopic (exact) mass is 391 g/mol. The molecule has 0 fully saturated rings. The van der Waals surface area contributed by atoms with Crippen molar-refractivity contribution in [2.75, 3.05) is 6.54 Å². The Kier molecular flexibility index (Phi) is 3.63. The predicted molar refractivity (Wildman–Crippen MR) is 92.0 cm³/mol. The highest BCUT2D eigenvalue weighted by atomic mass is 79.9. The zero-order chi connectivity index (χ0) is 17.7. The number of hydrogen-bond donors (Lipinski definition) is 0. The van der Waals surface area contributed by atoms with Gasteiger partial charge in [-0.25, -0.2) is 8.42 Å². The molecule has 0 saturated carbocycles. The molecule has 1 aromatic rings. The lowest BCUT2D eigenvalue weighted by atomic mass is 9.91. The minimum absolute atomic E-state index is 0.120. The molecule has 0 N–H and O–H groups in total. The molecule has 0 saturated heterocycles. The van der Waals surface area contributed by atoms with Gasteiger partial charge in [-0.1, -0.05) is 39.7 Å². The number of nitriles is 1. The van der Waals surface area contributed by atoms with Crippen LogP contribution in [0, 0.1) is 24.1 Å². The van der Waals surface area contributed by atoms with Gasteiger partial charge in [0.2, 0.25) is 0 Å². The Morgan fingerprint density at radius 3 is 2.61 bits per heavy atom. The highest BCUT2D eigenvalue weighted by Gasteiger charge is 2.38. The third-order valence-electron chi connectivity index (χ3n) is 3.91. The smallest absolute Gasteiger partial charge is 0.262 e. The molecule has 0 spiro atoms. The van der Waals surface area contributed by atoms with Crippen LogP contribution in [-0.4, -0.2) is 19.3 Å². The Balaban J connectivity index is 2.13. The first-order valence-corrected chi connectivity index (χ1v) is 9.25. The molecule has 0 aromatic heterocycles. The summed E-state index contributed by atoms with van der Waals surface area (Å²) in [5.74, 6) is -1.62. The number of halogens is 1. The van der Waals surface area contributed by atoms with Crippen molar-refractivity contribution in [3.8, 4) is 6.07 Å². The first kappa shape index (κ1) is 14.7. The first-order valence-electron chi connectivity index (χ1n) is 7.52. The number of rotatable bonds is 2. The summed E-state index contributed by atoms with van der Waals surface area (Å²) in [6.45, 7) is 3.79. The van der Waals surface area contributed by atoms with Crippen LogP contribution in [0.5, 0.6) is 0 Å². The van der Waals surface area contributed by atoms with Crippen molar-refractivity contribution in [1.82, 2.24) is 4.31 Å². The Hall–Kier alpha value is -1.84. The normalized spacial score (nSPS) is 24.6. The molecule has 3 rings (SSSR count). The van der Waals surface area contributed by atoms with Gasteiger partial charge in [0, 0.05) is 4.48 Å². The summed E-state index contributed by atoms with van der Waals surface area (Å²) in [5.41, 5.74) is 2.52. The summed E-state index contributed by atoms with van der Waals surface area (Å²) in [5, 5.41) is 9.45. The lowest BCUT2D eigenvalue weighted by Gasteiger charge is -2.27. The third-order valence-corrected chi connectivity index (χ3v) is 6.32. The van der Waals surface area contributed by atoms with Crippen LogP contribution in [0.15, 0.2) is 62.6 Å². The van der Waals surface area contributed by atoms with Crippen LogP contribution in [0.2, 0.25) is 0 Å². The summed E-state index contributed by atoms with van der Waals surface area (Å²) in [7, 11) is -3.75.